The fourth-order valence-electron chi connectivity index (χ4n) is 3.11. The second kappa shape index (κ2) is 10.4. The number of anilines is 1. The van der Waals surface area contributed by atoms with Gasteiger partial charge >= 0.3 is 6.03 Å². The van der Waals surface area contributed by atoms with Crippen molar-refractivity contribution < 1.29 is 13.9 Å². The van der Waals surface area contributed by atoms with Crippen LogP contribution in [0.15, 0.2) is 48.5 Å². The molecule has 1 fully saturated rings. The summed E-state index contributed by atoms with van der Waals surface area (Å²) in [5.74, 6) is -0.284. The average Bonchev–Trinajstić information content (AvgIpc) is 2.71. The van der Waals surface area contributed by atoms with Crippen molar-refractivity contribution in [2.45, 2.75) is 13.0 Å². The van der Waals surface area contributed by atoms with Gasteiger partial charge in [-0.3, -0.25) is 4.90 Å². The van der Waals surface area contributed by atoms with Gasteiger partial charge in [-0.25, -0.2) is 9.18 Å². The second-order valence-corrected chi connectivity index (χ2v) is 7.23. The molecule has 5 nitrogen and oxygen atoms in total. The van der Waals surface area contributed by atoms with Crippen LogP contribution >= 0.6 is 11.6 Å². The summed E-state index contributed by atoms with van der Waals surface area (Å²) in [6, 6.07) is 13.1. The molecule has 28 heavy (non-hydrogen) atoms. The molecule has 0 spiro atoms. The molecule has 1 aliphatic heterocycles. The van der Waals surface area contributed by atoms with Gasteiger partial charge in [0.05, 0.1) is 13.2 Å². The number of carbonyl (C=O) groups is 1. The Bertz CT molecular complexity index is 749. The molecule has 1 saturated heterocycles. The van der Waals surface area contributed by atoms with E-state index in [1.165, 1.54) is 12.1 Å². The minimum absolute atomic E-state index is 0.186. The summed E-state index contributed by atoms with van der Waals surface area (Å²) in [5, 5.41) is 3.53. The molecule has 0 aromatic heterocycles. The Balaban J connectivity index is 1.61. The minimum atomic E-state index is -0.284. The number of hydrogen-bond donors (Lipinski definition) is 1. The summed E-state index contributed by atoms with van der Waals surface area (Å²) in [6.45, 7) is 5.31. The fourth-order valence-corrected chi connectivity index (χ4v) is 3.23. The van der Waals surface area contributed by atoms with Gasteiger partial charge in [-0.15, -0.1) is 0 Å². The molecule has 1 heterocycles. The SMILES string of the molecule is O=C(Nc1ccc(Cl)cc1)N(CCCN1CCOCC1)Cc1ccc(F)cc1. The van der Waals surface area contributed by atoms with Crippen molar-refractivity contribution in [2.24, 2.45) is 0 Å². The second-order valence-electron chi connectivity index (χ2n) is 6.79. The van der Waals surface area contributed by atoms with E-state index >= 15 is 0 Å². The largest absolute Gasteiger partial charge is 0.379 e. The van der Waals surface area contributed by atoms with Crippen LogP contribution in [0.3, 0.4) is 0 Å². The van der Waals surface area contributed by atoms with Crippen molar-refractivity contribution in [3.63, 3.8) is 0 Å². The molecule has 0 unspecified atom stereocenters. The van der Waals surface area contributed by atoms with Crippen LogP contribution in [-0.4, -0.2) is 55.2 Å². The van der Waals surface area contributed by atoms with Crippen LogP contribution in [-0.2, 0) is 11.3 Å². The predicted molar refractivity (Wildman–Crippen MR) is 109 cm³/mol. The number of nitrogens with zero attached hydrogens (tertiary/aromatic N) is 2. The molecule has 2 aromatic rings. The number of urea groups is 1. The first-order valence-corrected chi connectivity index (χ1v) is 9.84. The smallest absolute Gasteiger partial charge is 0.322 e. The van der Waals surface area contributed by atoms with Gasteiger partial charge in [-0.1, -0.05) is 23.7 Å². The van der Waals surface area contributed by atoms with Crippen molar-refractivity contribution in [2.75, 3.05) is 44.7 Å². The van der Waals surface area contributed by atoms with Gasteiger partial charge in [0.15, 0.2) is 0 Å². The standard InChI is InChI=1S/C21H25ClFN3O2/c22-18-4-8-20(9-5-18)24-21(27)26(16-17-2-6-19(23)7-3-17)11-1-10-25-12-14-28-15-13-25/h2-9H,1,10-16H2,(H,24,27). The molecule has 0 atom stereocenters. The molecule has 150 valence electrons. The zero-order valence-electron chi connectivity index (χ0n) is 15.7. The number of carbonyl (C=O) groups excluding carboxylic acids is 1. The van der Waals surface area contributed by atoms with Crippen molar-refractivity contribution >= 4 is 23.3 Å². The number of ether oxygens (including phenoxy) is 1. The van der Waals surface area contributed by atoms with Crippen molar-refractivity contribution in [1.29, 1.82) is 0 Å². The maximum Gasteiger partial charge on any atom is 0.322 e. The average molecular weight is 406 g/mol. The van der Waals surface area contributed by atoms with Crippen LogP contribution < -0.4 is 5.32 Å². The highest BCUT2D eigenvalue weighted by atomic mass is 35.5. The molecule has 0 bridgehead atoms. The van der Waals surface area contributed by atoms with Crippen LogP contribution in [0, 0.1) is 5.82 Å². The van der Waals surface area contributed by atoms with E-state index < -0.39 is 0 Å². The molecule has 2 aromatic carbocycles. The van der Waals surface area contributed by atoms with E-state index in [-0.39, 0.29) is 11.8 Å². The van der Waals surface area contributed by atoms with E-state index in [4.69, 9.17) is 16.3 Å². The van der Waals surface area contributed by atoms with Gasteiger partial charge in [-0.05, 0) is 48.4 Å². The van der Waals surface area contributed by atoms with E-state index in [9.17, 15) is 9.18 Å². The van der Waals surface area contributed by atoms with E-state index in [2.05, 4.69) is 10.2 Å². The summed E-state index contributed by atoms with van der Waals surface area (Å²) in [5.41, 5.74) is 1.57. The van der Waals surface area contributed by atoms with Crippen molar-refractivity contribution in [1.82, 2.24) is 9.80 Å². The lowest BCUT2D eigenvalue weighted by Crippen LogP contribution is -2.40. The van der Waals surface area contributed by atoms with E-state index in [0.29, 0.717) is 23.8 Å². The predicted octanol–water partition coefficient (Wildman–Crippen LogP) is 4.24. The Morgan fingerprint density at radius 3 is 2.46 bits per heavy atom. The Morgan fingerprint density at radius 1 is 1.11 bits per heavy atom. The van der Waals surface area contributed by atoms with Crippen LogP contribution in [0.1, 0.15) is 12.0 Å². The number of morpholine rings is 1. The zero-order chi connectivity index (χ0) is 19.8. The lowest BCUT2D eigenvalue weighted by molar-refractivity contribution is 0.0365. The third-order valence-electron chi connectivity index (χ3n) is 4.68. The lowest BCUT2D eigenvalue weighted by Gasteiger charge is -2.28. The van der Waals surface area contributed by atoms with Crippen LogP contribution in [0.2, 0.25) is 5.02 Å². The summed E-state index contributed by atoms with van der Waals surface area (Å²) in [7, 11) is 0. The third kappa shape index (κ3) is 6.48. The van der Waals surface area contributed by atoms with Gasteiger partial charge in [0.1, 0.15) is 5.82 Å². The molecule has 0 aliphatic carbocycles. The zero-order valence-corrected chi connectivity index (χ0v) is 16.5. The first kappa shape index (κ1) is 20.6. The fraction of sp³-hybridized carbons (Fsp3) is 0.381. The number of nitrogens with one attached hydrogen (secondary N) is 1. The molecular weight excluding hydrogens is 381 g/mol. The maximum atomic E-state index is 13.2. The van der Waals surface area contributed by atoms with Crippen LogP contribution in [0.25, 0.3) is 0 Å². The lowest BCUT2D eigenvalue weighted by atomic mass is 10.2. The number of halogens is 2. The Morgan fingerprint density at radius 2 is 1.79 bits per heavy atom. The van der Waals surface area contributed by atoms with Gasteiger partial charge in [0, 0.05) is 43.4 Å². The Kier molecular flexibility index (Phi) is 7.65. The Hall–Kier alpha value is -2.15. The molecule has 0 saturated carbocycles. The first-order valence-electron chi connectivity index (χ1n) is 9.46. The Labute approximate surface area is 170 Å². The molecule has 1 aliphatic rings. The van der Waals surface area contributed by atoms with Gasteiger partial charge in [-0.2, -0.15) is 0 Å². The van der Waals surface area contributed by atoms with Crippen molar-refractivity contribution in [3.8, 4) is 0 Å². The number of rotatable bonds is 7. The third-order valence-corrected chi connectivity index (χ3v) is 4.93. The highest BCUT2D eigenvalue weighted by molar-refractivity contribution is 6.30. The number of benzene rings is 2. The quantitative estimate of drug-likeness (QED) is 0.749. The molecule has 7 heteroatoms. The summed E-state index contributed by atoms with van der Waals surface area (Å²) < 4.78 is 18.6. The molecule has 1 N–H and O–H groups in total. The van der Waals surface area contributed by atoms with Crippen LogP contribution in [0.5, 0.6) is 0 Å². The molecular formula is C21H25ClFN3O2. The monoisotopic (exact) mass is 405 g/mol. The van der Waals surface area contributed by atoms with E-state index in [1.807, 2.05) is 0 Å². The minimum Gasteiger partial charge on any atom is -0.379 e. The summed E-state index contributed by atoms with van der Waals surface area (Å²) in [6.07, 6.45) is 0.856. The number of hydrogen-bond acceptors (Lipinski definition) is 3. The molecule has 0 radical (unpaired) electrons. The van der Waals surface area contributed by atoms with Gasteiger partial charge in [0.25, 0.3) is 0 Å². The normalized spacial score (nSPS) is 14.6. The number of amides is 2. The highest BCUT2D eigenvalue weighted by Crippen LogP contribution is 2.15. The summed E-state index contributed by atoms with van der Waals surface area (Å²) in [4.78, 5) is 16.9. The van der Waals surface area contributed by atoms with Gasteiger partial charge < -0.3 is 15.0 Å². The summed E-state index contributed by atoms with van der Waals surface area (Å²) >= 11 is 5.91. The first-order chi connectivity index (χ1) is 13.6. The highest BCUT2D eigenvalue weighted by Gasteiger charge is 2.16. The van der Waals surface area contributed by atoms with E-state index in [1.54, 1.807) is 41.3 Å². The van der Waals surface area contributed by atoms with Crippen LogP contribution in [0.4, 0.5) is 14.9 Å². The molecule has 3 rings (SSSR count). The maximum absolute atomic E-state index is 13.2. The van der Waals surface area contributed by atoms with E-state index in [0.717, 1.165) is 44.8 Å². The topological polar surface area (TPSA) is 44.8 Å². The molecule has 2 amide bonds. The van der Waals surface area contributed by atoms with Crippen molar-refractivity contribution in [3.05, 3.63) is 64.9 Å². The van der Waals surface area contributed by atoms with Gasteiger partial charge in [0.2, 0.25) is 0 Å².